The van der Waals surface area contributed by atoms with Crippen LogP contribution >= 0.6 is 57.8 Å². The molecule has 0 saturated heterocycles. The Kier molecular flexibility index (Phi) is 31.8. The fourth-order valence-corrected chi connectivity index (χ4v) is 37.9. The number of hydrogen-bond acceptors (Lipinski definition) is 12. The van der Waals surface area contributed by atoms with Gasteiger partial charge in [-0.25, -0.2) is 0 Å². The van der Waals surface area contributed by atoms with E-state index >= 15 is 0 Å². The number of phenols is 1. The van der Waals surface area contributed by atoms with Crippen LogP contribution in [0.5, 0.6) is 28.7 Å². The summed E-state index contributed by atoms with van der Waals surface area (Å²) < 4.78 is 50.9. The molecule has 24 rings (SSSR count). The van der Waals surface area contributed by atoms with Crippen molar-refractivity contribution in [1.82, 2.24) is 0 Å². The predicted molar refractivity (Wildman–Crippen MR) is 584 cm³/mol. The average molecular weight is 2110 g/mol. The van der Waals surface area contributed by atoms with Crippen molar-refractivity contribution in [3.8, 4) is 28.7 Å². The first kappa shape index (κ1) is 103. The molecule has 0 aromatic heterocycles. The van der Waals surface area contributed by atoms with Gasteiger partial charge >= 0.3 is 33.3 Å². The van der Waals surface area contributed by atoms with Crippen LogP contribution in [-0.4, -0.2) is 56.6 Å². The zero-order chi connectivity index (χ0) is 103. The summed E-state index contributed by atoms with van der Waals surface area (Å²) in [6, 6.07) is 31.9. The van der Waals surface area contributed by atoms with Gasteiger partial charge in [0.25, 0.3) is 0 Å². The molecule has 0 aliphatic heterocycles. The van der Waals surface area contributed by atoms with Gasteiger partial charge in [0, 0.05) is 48.3 Å². The number of Topliss-reactive ketones (excluding diaryl/α,β-unsaturated/α-hetero) is 4. The minimum absolute atomic E-state index is 0. The maximum atomic E-state index is 12.4. The van der Waals surface area contributed by atoms with Gasteiger partial charge in [-0.2, -0.15) is 0 Å². The van der Waals surface area contributed by atoms with E-state index in [1.807, 2.05) is 30.4 Å². The molecular weight excluding hydrogens is 1930 g/mol. The van der Waals surface area contributed by atoms with Crippen LogP contribution in [-0.2, 0) is 74.0 Å². The van der Waals surface area contributed by atoms with E-state index in [2.05, 4.69) is 182 Å². The molecule has 12 nitrogen and oxygen atoms in total. The predicted octanol–water partition coefficient (Wildman–Crippen LogP) is 30.4. The number of ketones is 6. The van der Waals surface area contributed by atoms with Crippen molar-refractivity contribution in [2.75, 3.05) is 6.61 Å². The number of carbonyl (C=O) groups is 6. The molecule has 142 heavy (non-hydrogen) atoms. The summed E-state index contributed by atoms with van der Waals surface area (Å²) in [6.45, 7) is 32.1. The molecule has 0 bridgehead atoms. The average Bonchev–Trinajstić information content (AvgIpc) is 1.51. The first-order valence-electron chi connectivity index (χ1n) is 56.8. The van der Waals surface area contributed by atoms with E-state index < -0.39 is 0 Å². The van der Waals surface area contributed by atoms with Gasteiger partial charge in [-0.05, 0) is 492 Å². The molecular formula is C123H168Cl2CuO12P4. The van der Waals surface area contributed by atoms with E-state index in [4.69, 9.17) is 23.2 Å². The molecule has 29 unspecified atom stereocenters. The van der Waals surface area contributed by atoms with E-state index in [1.54, 1.807) is 13.8 Å². The van der Waals surface area contributed by atoms with Crippen LogP contribution in [0.3, 0.4) is 0 Å². The summed E-state index contributed by atoms with van der Waals surface area (Å²) in [7, 11) is 8.36. The quantitative estimate of drug-likeness (QED) is 0.0523. The number of phenolic OH excluding ortho intramolecular Hbond substituents is 1. The van der Waals surface area contributed by atoms with Crippen molar-refractivity contribution in [1.29, 1.82) is 5.11 Å². The van der Waals surface area contributed by atoms with Gasteiger partial charge in [-0.15, -0.1) is 0 Å². The fraction of sp³-hybridized carbons (Fsp3) is 0.659. The second-order valence-corrected chi connectivity index (χ2v) is 52.5. The Balaban J connectivity index is 0.000000119. The van der Waals surface area contributed by atoms with Crippen molar-refractivity contribution < 1.29 is 70.2 Å². The van der Waals surface area contributed by atoms with Gasteiger partial charge in [0.15, 0.2) is 11.6 Å². The molecule has 13 saturated carbocycles. The van der Waals surface area contributed by atoms with Gasteiger partial charge in [-0.1, -0.05) is 144 Å². The topological polar surface area (TPSA) is 180 Å². The molecule has 13 fully saturated rings. The number of aliphatic hydroxyl groups excluding tert-OH is 1. The van der Waals surface area contributed by atoms with Crippen LogP contribution in [0.25, 0.3) is 0 Å². The number of hydrogen-bond donors (Lipinski definition) is 2. The third-order valence-corrected chi connectivity index (χ3v) is 44.6. The number of carbonyl (C=O) groups excluding carboxylic acids is 6. The third kappa shape index (κ3) is 19.8. The zero-order valence-electron chi connectivity index (χ0n) is 90.5. The molecule has 0 amide bonds. The summed E-state index contributed by atoms with van der Waals surface area (Å²) in [4.78, 5) is 72.4. The van der Waals surface area contributed by atoms with Crippen LogP contribution in [0.2, 0.25) is 0 Å². The molecule has 19 heteroatoms. The number of aliphatic hydroxyl groups is 1. The van der Waals surface area contributed by atoms with Crippen LogP contribution in [0.1, 0.15) is 369 Å². The van der Waals surface area contributed by atoms with E-state index in [0.717, 1.165) is 201 Å². The zero-order valence-corrected chi connectivity index (χ0v) is 92.9. The third-order valence-electron chi connectivity index (χ3n) is 43.6. The summed E-state index contributed by atoms with van der Waals surface area (Å²) in [5.41, 5.74) is 19.6. The van der Waals surface area contributed by atoms with E-state index in [0.29, 0.717) is 170 Å². The Labute approximate surface area is 881 Å². The maximum absolute atomic E-state index is 12.4. The Hall–Kier alpha value is -4.88. The van der Waals surface area contributed by atoms with Crippen molar-refractivity contribution in [3.05, 3.63) is 182 Å². The second-order valence-electron chi connectivity index (χ2n) is 50.2. The van der Waals surface area contributed by atoms with Gasteiger partial charge in [0.1, 0.15) is 51.9 Å². The standard InChI is InChI=1S/C22H31O2P.C22H29O2P.C21H29O2P.C19H25O2P.C19H26O2.C19H24O2.CH4.2ClH.Cu/c2*1-13-10-15-12-17(24-25)5-6-18(15)19-8-9-22(3)16(11-14(2)23)4-7-20(22)21(13)19;1-13-11-14-12-16(23-24)4-5-17(14)18-7-9-21(2)15(8-10-22)3-6-19(21)20(13)18;1-11-9-12-10-13(21-22)3-4-14(12)15-7-8-19(2)16(18(11)15)5-6-17(19)20;2*1-11-9-12-10-13(20)3-4-14(12)15-7-8-19(2)16(18(11)15)5-6-17(19)21;;;;/h5-6,12-13,16,19-21H,4,7-11,25H2,1-3H3;5-6,11-13,19-21H,4,7-10,25H2,1-3H3;4-5,8,12-13,18-20,22H,3,6-7,9-11,24H2,1-2H3;3-4,10-11,15-16,18H,5-9,22H2,1-2H3;10-11,14-16,18H,3-9H2,1-2H3;3-4,10-11,15-16,18,20H,5-9H2,1-2H3;1H4;2*1H;/q;;;;;;;;;+2/p-2/b;16-11+;15-8+;;;;;;;/t13-,16-,19?,20?,21?,22?;13-,19?,20?,21?,22?;13-,18?,19?,20?,21?;11-,15?,16?,18?,19?;11-,14?,15?,16?,18?,19?;11-,15?,16?,18?,19?;;;;/m111111..../s1/i2*25T;24T;22T;;;;;;/t13-,16-,19?,20?,21?,22?,25?;13-,19?,20?,21?,22?,25?;13-,18?,19?,20?,21?,24?;11-,15?,16?,18?,19?,22?;;m;;;;. The summed E-state index contributed by atoms with van der Waals surface area (Å²) in [5, 5.41) is 19.2. The molecule has 19 aliphatic rings. The molecule has 0 heterocycles. The van der Waals surface area contributed by atoms with Crippen molar-refractivity contribution >= 4 is 92.5 Å². The van der Waals surface area contributed by atoms with E-state index in [1.165, 1.54) is 149 Å². The van der Waals surface area contributed by atoms with Gasteiger partial charge in [0.2, 0.25) is 0 Å². The normalized spacial score (nSPS) is 40.7. The van der Waals surface area contributed by atoms with Gasteiger partial charge in [0.05, 0.1) is 49.4 Å². The summed E-state index contributed by atoms with van der Waals surface area (Å²) >= 11 is 0.757. The molecule has 0 radical (unpaired) electrons. The molecule has 5 aromatic carbocycles. The van der Waals surface area contributed by atoms with E-state index in [-0.39, 0.29) is 79.1 Å². The SMILES string of the molecule is C.C[C@@H]1CC2=CC(=O)CCC2C2CCC3(C)C(=O)CCC3C21.C[C@@H]1Cc2cc(O)ccc2C2CCC3(C)C(=O)CCC3C21.[3H]POc1ccc2c(c1)C[C@@H](C)C1C2CCC2(C)/C(=C/C(C)=O)CCC12.[3H]POc1ccc2c(c1)C[C@@H](C)C1C2CCC2(C)/C(=C/CO)CCC12.[3H]POc1ccc2c(c1)C[C@@H](C)C1C2CCC2(C)C(=O)CCC12.[3H]POc1ccc2c(c1)C[C@@H](C)C1C2CCC2(C)C1CC[C@@H]2CC(C)=O.[Cl][Cu][Cl]. The summed E-state index contributed by atoms with van der Waals surface area (Å²) in [5.74, 6) is 23.4. The van der Waals surface area contributed by atoms with Crippen LogP contribution in [0, 0.1) is 157 Å². The number of halogens is 2. The Morgan fingerprint density at radius 1 is 0.408 bits per heavy atom. The molecule has 0 spiro atoms. The van der Waals surface area contributed by atoms with E-state index in [9.17, 15) is 39.0 Å². The number of benzene rings is 5. The number of allylic oxidation sites excluding steroid dienone is 4. The number of fused-ring (bicyclic) bond motifs is 30. The Morgan fingerprint density at radius 3 is 1.14 bits per heavy atom. The molecule has 777 valence electrons. The van der Waals surface area contributed by atoms with Crippen molar-refractivity contribution in [2.24, 2.45) is 157 Å². The Bertz CT molecular complexity index is 5740. The van der Waals surface area contributed by atoms with Crippen LogP contribution in [0.4, 0.5) is 0 Å². The van der Waals surface area contributed by atoms with Crippen LogP contribution in [0.15, 0.2) is 126 Å². The van der Waals surface area contributed by atoms with Gasteiger partial charge < -0.3 is 33.1 Å². The van der Waals surface area contributed by atoms with Crippen molar-refractivity contribution in [3.63, 3.8) is 0 Å². The molecule has 19 aliphatic carbocycles. The fourth-order valence-electron chi connectivity index (χ4n) is 37.4. The number of aromatic hydroxyl groups is 1. The first-order chi connectivity index (χ1) is 69.4. The minimum atomic E-state index is -0.251. The number of rotatable bonds is 12. The van der Waals surface area contributed by atoms with Crippen LogP contribution < -0.4 is 18.1 Å². The Morgan fingerprint density at radius 2 is 0.746 bits per heavy atom. The molecule has 2 N–H and O–H groups in total. The van der Waals surface area contributed by atoms with Gasteiger partial charge in [-0.3, -0.25) is 24.0 Å². The first-order valence-corrected chi connectivity index (χ1v) is 59.0. The molecule has 5 aromatic rings. The monoisotopic (exact) mass is 2100 g/mol. The summed E-state index contributed by atoms with van der Waals surface area (Å²) in [6.07, 6.45) is 42.2. The second kappa shape index (κ2) is 43.8. The molecule has 36 atom stereocenters. The van der Waals surface area contributed by atoms with Crippen molar-refractivity contribution in [2.45, 2.75) is 346 Å².